The summed E-state index contributed by atoms with van der Waals surface area (Å²) in [7, 11) is 6.81. The number of hydrogen-bond donors (Lipinski definition) is 0. The lowest BCUT2D eigenvalue weighted by Gasteiger charge is -2.35. The van der Waals surface area contributed by atoms with Crippen LogP contribution >= 0.6 is 0 Å². The number of nitrogens with zero attached hydrogens (tertiary/aromatic N) is 1. The summed E-state index contributed by atoms with van der Waals surface area (Å²) in [6.07, 6.45) is 0. The van der Waals surface area contributed by atoms with Crippen LogP contribution in [0.3, 0.4) is 0 Å². The minimum absolute atomic E-state index is 0.569. The van der Waals surface area contributed by atoms with Gasteiger partial charge in [-0.1, -0.05) is 181 Å². The highest BCUT2D eigenvalue weighted by Crippen LogP contribution is 2.56. The molecule has 0 spiro atoms. The van der Waals surface area contributed by atoms with E-state index in [9.17, 15) is 0 Å². The van der Waals surface area contributed by atoms with Gasteiger partial charge in [0.05, 0.1) is 11.1 Å². The maximum Gasteiger partial charge on any atom is 0.114 e. The Kier molecular flexibility index (Phi) is 7.71. The fourth-order valence-electron chi connectivity index (χ4n) is 8.10. The molecule has 0 aliphatic heterocycles. The van der Waals surface area contributed by atoms with Crippen LogP contribution in [-0.2, 0) is 5.41 Å². The summed E-state index contributed by atoms with van der Waals surface area (Å²) >= 11 is 0. The van der Waals surface area contributed by atoms with Crippen LogP contribution in [0.15, 0.2) is 206 Å². The van der Waals surface area contributed by atoms with Gasteiger partial charge in [-0.15, -0.1) is 0 Å². The number of para-hydroxylation sites is 1. The molecular weight excluding hydrogens is 613 g/mol. The number of benzene rings is 8. The summed E-state index contributed by atoms with van der Waals surface area (Å²) in [6.45, 7) is 0. The Hall–Kier alpha value is -6.38. The van der Waals surface area contributed by atoms with Crippen LogP contribution in [0, 0.1) is 0 Å². The van der Waals surface area contributed by atoms with E-state index in [1.807, 2.05) is 6.07 Å². The van der Waals surface area contributed by atoms with E-state index < -0.39 is 5.41 Å². The first-order valence-electron chi connectivity index (χ1n) is 17.5. The van der Waals surface area contributed by atoms with Crippen LogP contribution in [0.5, 0.6) is 0 Å². The topological polar surface area (TPSA) is 3.24 Å². The summed E-state index contributed by atoms with van der Waals surface area (Å²) in [5, 5.41) is 0. The van der Waals surface area contributed by atoms with Crippen molar-refractivity contribution in [1.82, 2.24) is 0 Å². The van der Waals surface area contributed by atoms with Crippen LogP contribution in [-0.4, -0.2) is 7.85 Å². The lowest BCUT2D eigenvalue weighted by molar-refractivity contribution is 0.769. The van der Waals surface area contributed by atoms with Crippen LogP contribution in [0.25, 0.3) is 33.4 Å². The number of rotatable bonds is 7. The van der Waals surface area contributed by atoms with Crippen molar-refractivity contribution in [3.05, 3.63) is 229 Å². The van der Waals surface area contributed by atoms with Crippen LogP contribution < -0.4 is 10.4 Å². The van der Waals surface area contributed by atoms with E-state index >= 15 is 0 Å². The first-order valence-corrected chi connectivity index (χ1v) is 17.5. The molecule has 0 fully saturated rings. The fraction of sp³-hybridized carbons (Fsp3) is 0.0204. The molecule has 0 saturated heterocycles. The van der Waals surface area contributed by atoms with E-state index in [4.69, 9.17) is 7.85 Å². The van der Waals surface area contributed by atoms with Crippen molar-refractivity contribution in [3.8, 4) is 33.4 Å². The molecule has 0 saturated carbocycles. The van der Waals surface area contributed by atoms with Gasteiger partial charge in [0.1, 0.15) is 7.85 Å². The third-order valence-electron chi connectivity index (χ3n) is 10.3. The SMILES string of the molecule is [B]c1cccc2c1-c1ccccc1C2(c1ccccc1)c1cccc(N(c2ccc(-c3ccccc3)cc2)c2ccccc2-c2ccccc2)c1. The second-order valence-electron chi connectivity index (χ2n) is 13.1. The van der Waals surface area contributed by atoms with Crippen molar-refractivity contribution in [2.45, 2.75) is 5.41 Å². The Bertz CT molecular complexity index is 2470. The van der Waals surface area contributed by atoms with Gasteiger partial charge in [0.25, 0.3) is 0 Å². The number of hydrogen-bond acceptors (Lipinski definition) is 1. The summed E-state index contributed by atoms with van der Waals surface area (Å²) in [5.74, 6) is 0. The highest BCUT2D eigenvalue weighted by molar-refractivity contribution is 6.36. The maximum atomic E-state index is 6.81. The first-order chi connectivity index (χ1) is 25.2. The van der Waals surface area contributed by atoms with Gasteiger partial charge in [-0.2, -0.15) is 0 Å². The molecule has 9 rings (SSSR count). The zero-order chi connectivity index (χ0) is 34.2. The quantitative estimate of drug-likeness (QED) is 0.156. The van der Waals surface area contributed by atoms with Crippen molar-refractivity contribution in [1.29, 1.82) is 0 Å². The third kappa shape index (κ3) is 5.11. The van der Waals surface area contributed by atoms with E-state index in [-0.39, 0.29) is 0 Å². The molecule has 8 aromatic rings. The first kappa shape index (κ1) is 30.7. The van der Waals surface area contributed by atoms with Crippen molar-refractivity contribution in [2.75, 3.05) is 4.90 Å². The summed E-state index contributed by atoms with van der Waals surface area (Å²) in [5.41, 5.74) is 15.4. The molecule has 8 aromatic carbocycles. The zero-order valence-electron chi connectivity index (χ0n) is 28.2. The van der Waals surface area contributed by atoms with E-state index in [1.54, 1.807) is 0 Å². The standard InChI is InChI=1S/C49H34BN/c50-46-28-15-27-45-48(46)43-25-10-12-26-44(43)49(45,38-20-8-3-9-21-38)39-22-14-23-41(34-39)51(40-32-30-36(31-33-40)35-16-4-1-5-17-35)47-29-13-11-24-42(47)37-18-6-2-7-19-37/h1-34H. The Morgan fingerprint density at radius 3 is 1.67 bits per heavy atom. The zero-order valence-corrected chi connectivity index (χ0v) is 28.2. The van der Waals surface area contributed by atoms with Gasteiger partial charge in [0.15, 0.2) is 0 Å². The second kappa shape index (κ2) is 12.8. The molecule has 1 nitrogen and oxygen atoms in total. The lowest BCUT2D eigenvalue weighted by atomic mass is 9.67. The van der Waals surface area contributed by atoms with E-state index in [2.05, 4.69) is 205 Å². The molecule has 0 heterocycles. The average Bonchev–Trinajstić information content (AvgIpc) is 3.52. The Balaban J connectivity index is 1.30. The normalized spacial score (nSPS) is 14.4. The molecule has 1 atom stereocenters. The average molecular weight is 648 g/mol. The van der Waals surface area contributed by atoms with Crippen LogP contribution in [0.1, 0.15) is 22.3 Å². The minimum Gasteiger partial charge on any atom is -0.310 e. The maximum absolute atomic E-state index is 6.81. The van der Waals surface area contributed by atoms with E-state index in [0.29, 0.717) is 0 Å². The van der Waals surface area contributed by atoms with E-state index in [0.717, 1.165) is 33.7 Å². The highest BCUT2D eigenvalue weighted by Gasteiger charge is 2.46. The number of fused-ring (bicyclic) bond motifs is 3. The minimum atomic E-state index is -0.569. The Morgan fingerprint density at radius 2 is 0.922 bits per heavy atom. The van der Waals surface area contributed by atoms with Gasteiger partial charge in [-0.05, 0) is 80.4 Å². The van der Waals surface area contributed by atoms with Gasteiger partial charge in [-0.3, -0.25) is 0 Å². The smallest absolute Gasteiger partial charge is 0.114 e. The predicted octanol–water partition coefficient (Wildman–Crippen LogP) is 11.6. The summed E-state index contributed by atoms with van der Waals surface area (Å²) in [4.78, 5) is 2.40. The van der Waals surface area contributed by atoms with Gasteiger partial charge in [0, 0.05) is 16.9 Å². The van der Waals surface area contributed by atoms with Crippen LogP contribution in [0.2, 0.25) is 0 Å². The molecule has 1 aliphatic carbocycles. The summed E-state index contributed by atoms with van der Waals surface area (Å²) < 4.78 is 0. The molecule has 51 heavy (non-hydrogen) atoms. The second-order valence-corrected chi connectivity index (χ2v) is 13.1. The van der Waals surface area contributed by atoms with Gasteiger partial charge in [0.2, 0.25) is 0 Å². The number of anilines is 3. The van der Waals surface area contributed by atoms with Crippen LogP contribution in [0.4, 0.5) is 17.1 Å². The Morgan fingerprint density at radius 1 is 0.373 bits per heavy atom. The highest BCUT2D eigenvalue weighted by atomic mass is 15.1. The molecule has 238 valence electrons. The largest absolute Gasteiger partial charge is 0.310 e. The molecule has 0 amide bonds. The third-order valence-corrected chi connectivity index (χ3v) is 10.3. The van der Waals surface area contributed by atoms with Crippen molar-refractivity contribution < 1.29 is 0 Å². The van der Waals surface area contributed by atoms with Crippen molar-refractivity contribution in [2.24, 2.45) is 0 Å². The molecule has 2 radical (unpaired) electrons. The predicted molar refractivity (Wildman–Crippen MR) is 215 cm³/mol. The molecule has 0 aromatic heterocycles. The molecule has 1 unspecified atom stereocenters. The monoisotopic (exact) mass is 647 g/mol. The molecule has 1 aliphatic rings. The summed E-state index contributed by atoms with van der Waals surface area (Å²) in [6, 6.07) is 74.0. The van der Waals surface area contributed by atoms with Gasteiger partial charge >= 0.3 is 0 Å². The van der Waals surface area contributed by atoms with E-state index in [1.165, 1.54) is 44.5 Å². The molecule has 0 bridgehead atoms. The van der Waals surface area contributed by atoms with Crippen molar-refractivity contribution >= 4 is 30.4 Å². The Labute approximate surface area is 301 Å². The fourth-order valence-corrected chi connectivity index (χ4v) is 8.10. The lowest BCUT2D eigenvalue weighted by Crippen LogP contribution is -2.29. The van der Waals surface area contributed by atoms with Gasteiger partial charge in [-0.25, -0.2) is 0 Å². The molecule has 2 heteroatoms. The molecular formula is C49H34BN. The molecule has 0 N–H and O–H groups in total. The van der Waals surface area contributed by atoms with Crippen molar-refractivity contribution in [3.63, 3.8) is 0 Å². The van der Waals surface area contributed by atoms with Gasteiger partial charge < -0.3 is 4.90 Å².